The Morgan fingerprint density at radius 1 is 1.32 bits per heavy atom. The maximum atomic E-state index is 4.58. The van der Waals surface area contributed by atoms with Gasteiger partial charge in [-0.25, -0.2) is 9.98 Å². The van der Waals surface area contributed by atoms with Gasteiger partial charge in [0.15, 0.2) is 0 Å². The first-order chi connectivity index (χ1) is 9.20. The van der Waals surface area contributed by atoms with Crippen molar-refractivity contribution in [2.24, 2.45) is 4.99 Å². The van der Waals surface area contributed by atoms with Crippen LogP contribution >= 0.6 is 0 Å². The summed E-state index contributed by atoms with van der Waals surface area (Å²) < 4.78 is 0. The number of aliphatic imine (C=N–C) groups is 1. The van der Waals surface area contributed by atoms with Crippen molar-refractivity contribution in [1.82, 2.24) is 15.3 Å². The van der Waals surface area contributed by atoms with Crippen LogP contribution in [-0.4, -0.2) is 22.9 Å². The quantitative estimate of drug-likeness (QED) is 0.635. The number of benzene rings is 1. The first-order valence-electron chi connectivity index (χ1n) is 6.62. The summed E-state index contributed by atoms with van der Waals surface area (Å²) in [5, 5.41) is 3.05. The molecule has 100 valence electrons. The molecule has 1 aromatic carbocycles. The number of aromatic nitrogens is 2. The van der Waals surface area contributed by atoms with E-state index in [-0.39, 0.29) is 0 Å². The van der Waals surface area contributed by atoms with Gasteiger partial charge >= 0.3 is 0 Å². The van der Waals surface area contributed by atoms with Crippen molar-refractivity contribution in [1.29, 1.82) is 0 Å². The van der Waals surface area contributed by atoms with Crippen LogP contribution in [0.15, 0.2) is 35.5 Å². The minimum atomic E-state index is 0.415. The van der Waals surface area contributed by atoms with Crippen LogP contribution in [0.5, 0.6) is 0 Å². The Hall–Kier alpha value is -2.10. The highest BCUT2D eigenvalue weighted by atomic mass is 14.9. The van der Waals surface area contributed by atoms with Gasteiger partial charge in [-0.2, -0.15) is 0 Å². The maximum Gasteiger partial charge on any atom is 0.109 e. The van der Waals surface area contributed by atoms with E-state index in [1.54, 1.807) is 6.34 Å². The fraction of sp³-hybridized carbons (Fsp3) is 0.333. The zero-order chi connectivity index (χ0) is 13.7. The maximum absolute atomic E-state index is 4.58. The van der Waals surface area contributed by atoms with Crippen molar-refractivity contribution in [2.45, 2.75) is 26.7 Å². The normalized spacial score (nSPS) is 11.4. The number of hydrogen-bond acceptors (Lipinski definition) is 2. The molecule has 0 aliphatic carbocycles. The van der Waals surface area contributed by atoms with Crippen molar-refractivity contribution < 1.29 is 0 Å². The number of imidazole rings is 1. The molecule has 19 heavy (non-hydrogen) atoms. The molecule has 4 heteroatoms. The average molecular weight is 256 g/mol. The summed E-state index contributed by atoms with van der Waals surface area (Å²) in [5.41, 5.74) is 3.01. The van der Waals surface area contributed by atoms with Crippen LogP contribution < -0.4 is 5.32 Å². The topological polar surface area (TPSA) is 53.1 Å². The molecule has 0 spiro atoms. The van der Waals surface area contributed by atoms with E-state index in [0.717, 1.165) is 29.3 Å². The van der Waals surface area contributed by atoms with E-state index in [1.165, 1.54) is 0 Å². The largest absolute Gasteiger partial charge is 0.376 e. The Morgan fingerprint density at radius 3 is 2.63 bits per heavy atom. The number of rotatable bonds is 5. The van der Waals surface area contributed by atoms with E-state index >= 15 is 0 Å². The molecule has 0 unspecified atom stereocenters. The van der Waals surface area contributed by atoms with E-state index < -0.39 is 0 Å². The summed E-state index contributed by atoms with van der Waals surface area (Å²) in [6, 6.07) is 8.07. The molecule has 2 aromatic rings. The SMILES string of the molecule is CCN/C=N/c1ccc(-c2c[nH]c(C(C)C)n2)cc1. The van der Waals surface area contributed by atoms with Gasteiger partial charge in [0.2, 0.25) is 0 Å². The lowest BCUT2D eigenvalue weighted by atomic mass is 10.1. The third-order valence-electron chi connectivity index (χ3n) is 2.82. The predicted octanol–water partition coefficient (Wildman–Crippen LogP) is 3.47. The van der Waals surface area contributed by atoms with E-state index in [9.17, 15) is 0 Å². The zero-order valence-corrected chi connectivity index (χ0v) is 11.6. The molecule has 2 rings (SSSR count). The molecular weight excluding hydrogens is 236 g/mol. The lowest BCUT2D eigenvalue weighted by Crippen LogP contribution is -2.08. The minimum Gasteiger partial charge on any atom is -0.376 e. The molecule has 0 amide bonds. The summed E-state index contributed by atoms with van der Waals surface area (Å²) in [5.74, 6) is 1.43. The monoisotopic (exact) mass is 256 g/mol. The average Bonchev–Trinajstić information content (AvgIpc) is 2.90. The van der Waals surface area contributed by atoms with Crippen LogP contribution in [-0.2, 0) is 0 Å². The Labute approximate surface area is 114 Å². The lowest BCUT2D eigenvalue weighted by Gasteiger charge is -1.99. The van der Waals surface area contributed by atoms with Gasteiger partial charge in [0, 0.05) is 24.2 Å². The van der Waals surface area contributed by atoms with Crippen LogP contribution in [0.4, 0.5) is 5.69 Å². The molecular formula is C15H20N4. The second-order valence-corrected chi connectivity index (χ2v) is 4.69. The first-order valence-corrected chi connectivity index (χ1v) is 6.62. The molecule has 0 aliphatic rings. The van der Waals surface area contributed by atoms with Crippen molar-refractivity contribution in [2.75, 3.05) is 6.54 Å². The Morgan fingerprint density at radius 2 is 2.05 bits per heavy atom. The van der Waals surface area contributed by atoms with Crippen molar-refractivity contribution >= 4 is 12.0 Å². The summed E-state index contributed by atoms with van der Waals surface area (Å²) in [4.78, 5) is 12.1. The second-order valence-electron chi connectivity index (χ2n) is 4.69. The highest BCUT2D eigenvalue weighted by Gasteiger charge is 2.06. The zero-order valence-electron chi connectivity index (χ0n) is 11.6. The highest BCUT2D eigenvalue weighted by Crippen LogP contribution is 2.22. The summed E-state index contributed by atoms with van der Waals surface area (Å²) in [7, 11) is 0. The van der Waals surface area contributed by atoms with Crippen molar-refractivity contribution in [3.63, 3.8) is 0 Å². The first kappa shape index (κ1) is 13.3. The number of nitrogens with one attached hydrogen (secondary N) is 2. The van der Waals surface area contributed by atoms with Crippen LogP contribution in [0.3, 0.4) is 0 Å². The van der Waals surface area contributed by atoms with Crippen molar-refractivity contribution in [3.8, 4) is 11.3 Å². The molecule has 0 aliphatic heterocycles. The van der Waals surface area contributed by atoms with Gasteiger partial charge in [-0.15, -0.1) is 0 Å². The van der Waals surface area contributed by atoms with E-state index in [4.69, 9.17) is 0 Å². The van der Waals surface area contributed by atoms with Crippen molar-refractivity contribution in [3.05, 3.63) is 36.3 Å². The highest BCUT2D eigenvalue weighted by molar-refractivity contribution is 5.65. The Kier molecular flexibility index (Phi) is 4.34. The molecule has 2 N–H and O–H groups in total. The van der Waals surface area contributed by atoms with E-state index in [0.29, 0.717) is 5.92 Å². The molecule has 0 fully saturated rings. The number of aromatic amines is 1. The number of hydrogen-bond donors (Lipinski definition) is 2. The third-order valence-corrected chi connectivity index (χ3v) is 2.82. The standard InChI is InChI=1S/C15H20N4/c1-4-16-10-18-13-7-5-12(6-8-13)14-9-17-15(19-14)11(2)3/h5-11H,4H2,1-3H3,(H,16,18)(H,17,19). The molecule has 0 saturated heterocycles. The lowest BCUT2D eigenvalue weighted by molar-refractivity contribution is 0.795. The molecule has 1 heterocycles. The summed E-state index contributed by atoms with van der Waals surface area (Å²) >= 11 is 0. The Bertz CT molecular complexity index is 538. The Balaban J connectivity index is 2.13. The summed E-state index contributed by atoms with van der Waals surface area (Å²) in [6.07, 6.45) is 3.67. The second kappa shape index (κ2) is 6.18. The van der Waals surface area contributed by atoms with Crippen LogP contribution in [0.25, 0.3) is 11.3 Å². The van der Waals surface area contributed by atoms with E-state index in [1.807, 2.05) is 37.4 Å². The summed E-state index contributed by atoms with van der Waals surface area (Å²) in [6.45, 7) is 7.17. The van der Waals surface area contributed by atoms with Gasteiger partial charge in [-0.3, -0.25) is 0 Å². The minimum absolute atomic E-state index is 0.415. The smallest absolute Gasteiger partial charge is 0.109 e. The molecule has 0 radical (unpaired) electrons. The fourth-order valence-electron chi connectivity index (χ4n) is 1.71. The predicted molar refractivity (Wildman–Crippen MR) is 79.9 cm³/mol. The van der Waals surface area contributed by atoms with Gasteiger partial charge in [0.1, 0.15) is 5.82 Å². The van der Waals surface area contributed by atoms with Gasteiger partial charge in [-0.1, -0.05) is 26.0 Å². The number of H-pyrrole nitrogens is 1. The van der Waals surface area contributed by atoms with Crippen LogP contribution in [0.1, 0.15) is 32.5 Å². The van der Waals surface area contributed by atoms with Gasteiger partial charge in [0.25, 0.3) is 0 Å². The third kappa shape index (κ3) is 3.44. The fourth-order valence-corrected chi connectivity index (χ4v) is 1.71. The van der Waals surface area contributed by atoms with Crippen LogP contribution in [0, 0.1) is 0 Å². The molecule has 0 saturated carbocycles. The molecule has 0 atom stereocenters. The van der Waals surface area contributed by atoms with E-state index in [2.05, 4.69) is 34.1 Å². The van der Waals surface area contributed by atoms with Crippen LogP contribution in [0.2, 0.25) is 0 Å². The molecule has 0 bridgehead atoms. The van der Waals surface area contributed by atoms with Gasteiger partial charge in [0.05, 0.1) is 17.7 Å². The van der Waals surface area contributed by atoms with Gasteiger partial charge in [-0.05, 0) is 19.1 Å². The van der Waals surface area contributed by atoms with Gasteiger partial charge < -0.3 is 10.3 Å². The number of nitrogens with zero attached hydrogens (tertiary/aromatic N) is 2. The molecule has 4 nitrogen and oxygen atoms in total. The molecule has 1 aromatic heterocycles.